The zero-order valence-corrected chi connectivity index (χ0v) is 15.9. The molecule has 0 aliphatic heterocycles. The minimum absolute atomic E-state index is 0.0983. The maximum atomic E-state index is 16.3. The lowest BCUT2D eigenvalue weighted by molar-refractivity contribution is -0.152. The molecular formula is C22H25FO4. The van der Waals surface area contributed by atoms with Crippen LogP contribution in [-0.4, -0.2) is 31.6 Å². The molecule has 0 aliphatic carbocycles. The van der Waals surface area contributed by atoms with E-state index in [2.05, 4.69) is 0 Å². The van der Waals surface area contributed by atoms with E-state index in [1.165, 1.54) is 19.2 Å². The van der Waals surface area contributed by atoms with Gasteiger partial charge in [-0.1, -0.05) is 50.1 Å². The van der Waals surface area contributed by atoms with Gasteiger partial charge in [0.25, 0.3) is 5.67 Å². The van der Waals surface area contributed by atoms with Gasteiger partial charge >= 0.3 is 5.97 Å². The number of carbonyl (C=O) groups is 2. The number of hydrogen-bond donors (Lipinski definition) is 0. The molecule has 5 heteroatoms. The van der Waals surface area contributed by atoms with Gasteiger partial charge in [-0.05, 0) is 36.2 Å². The number of alkyl halides is 1. The van der Waals surface area contributed by atoms with Crippen molar-refractivity contribution in [3.63, 3.8) is 0 Å². The zero-order chi connectivity index (χ0) is 19.9. The first-order chi connectivity index (χ1) is 13.0. The second-order valence-electron chi connectivity index (χ2n) is 6.37. The van der Waals surface area contributed by atoms with Gasteiger partial charge in [0.15, 0.2) is 0 Å². The highest BCUT2D eigenvalue weighted by atomic mass is 19.1. The lowest BCUT2D eigenvalue weighted by Crippen LogP contribution is -2.48. The molecule has 0 fully saturated rings. The van der Waals surface area contributed by atoms with E-state index in [9.17, 15) is 9.59 Å². The Morgan fingerprint density at radius 3 is 2.19 bits per heavy atom. The van der Waals surface area contributed by atoms with Crippen LogP contribution in [0.25, 0.3) is 0 Å². The van der Waals surface area contributed by atoms with Crippen molar-refractivity contribution in [3.8, 4) is 5.75 Å². The number of halogens is 1. The lowest BCUT2D eigenvalue weighted by Gasteiger charge is -2.31. The Hall–Kier alpha value is -2.69. The van der Waals surface area contributed by atoms with Crippen molar-refractivity contribution >= 4 is 11.8 Å². The lowest BCUT2D eigenvalue weighted by atomic mass is 9.76. The summed E-state index contributed by atoms with van der Waals surface area (Å²) in [6, 6.07) is 14.9. The van der Waals surface area contributed by atoms with Crippen molar-refractivity contribution in [3.05, 3.63) is 65.7 Å². The van der Waals surface area contributed by atoms with Gasteiger partial charge in [0.2, 0.25) is 5.78 Å². The third kappa shape index (κ3) is 4.35. The topological polar surface area (TPSA) is 52.6 Å². The van der Waals surface area contributed by atoms with Gasteiger partial charge in [0, 0.05) is 11.5 Å². The number of esters is 1. The van der Waals surface area contributed by atoms with Crippen molar-refractivity contribution in [2.24, 2.45) is 0 Å². The summed E-state index contributed by atoms with van der Waals surface area (Å²) < 4.78 is 26.1. The van der Waals surface area contributed by atoms with Gasteiger partial charge < -0.3 is 9.47 Å². The van der Waals surface area contributed by atoms with Gasteiger partial charge in [0.1, 0.15) is 5.75 Å². The van der Waals surface area contributed by atoms with E-state index in [0.29, 0.717) is 24.2 Å². The molecule has 0 saturated carbocycles. The predicted octanol–water partition coefficient (Wildman–Crippen LogP) is 4.73. The van der Waals surface area contributed by atoms with E-state index >= 15 is 4.39 Å². The second kappa shape index (κ2) is 9.31. The van der Waals surface area contributed by atoms with E-state index in [4.69, 9.17) is 9.47 Å². The molecule has 2 aromatic carbocycles. The molecule has 0 radical (unpaired) electrons. The standard InChI is InChI=1S/C22H25FO4/c1-4-5-11-19(16-9-7-6-8-10-16)22(23,21(25)27-3)20(24)17-12-14-18(26-2)15-13-17/h6-10,12-15,19H,4-5,11H2,1-3H3/t19-,22+/m0/s1. The van der Waals surface area contributed by atoms with Crippen molar-refractivity contribution in [1.29, 1.82) is 0 Å². The van der Waals surface area contributed by atoms with Crippen molar-refractivity contribution < 1.29 is 23.5 Å². The molecular weight excluding hydrogens is 347 g/mol. The number of Topliss-reactive ketones (excluding diaryl/α,β-unsaturated/α-hetero) is 1. The summed E-state index contributed by atoms with van der Waals surface area (Å²) in [5, 5.41) is 0. The molecule has 2 rings (SSSR count). The monoisotopic (exact) mass is 372 g/mol. The molecule has 4 nitrogen and oxygen atoms in total. The van der Waals surface area contributed by atoms with E-state index in [1.54, 1.807) is 36.4 Å². The fourth-order valence-corrected chi connectivity index (χ4v) is 3.18. The molecule has 0 bridgehead atoms. The fourth-order valence-electron chi connectivity index (χ4n) is 3.18. The summed E-state index contributed by atoms with van der Waals surface area (Å²) >= 11 is 0. The van der Waals surface area contributed by atoms with Gasteiger partial charge in [-0.3, -0.25) is 4.79 Å². The number of ether oxygens (including phenoxy) is 2. The second-order valence-corrected chi connectivity index (χ2v) is 6.37. The molecule has 0 heterocycles. The Kier molecular flexibility index (Phi) is 7.11. The summed E-state index contributed by atoms with van der Waals surface area (Å²) in [5.74, 6) is -2.46. The Bertz CT molecular complexity index is 758. The van der Waals surface area contributed by atoms with Crippen LogP contribution in [0.4, 0.5) is 4.39 Å². The quantitative estimate of drug-likeness (QED) is 0.363. The molecule has 0 amide bonds. The largest absolute Gasteiger partial charge is 0.497 e. The first-order valence-corrected chi connectivity index (χ1v) is 9.00. The van der Waals surface area contributed by atoms with Crippen LogP contribution in [0, 0.1) is 0 Å². The molecule has 2 atom stereocenters. The zero-order valence-electron chi connectivity index (χ0n) is 15.9. The summed E-state index contributed by atoms with van der Waals surface area (Å²) in [4.78, 5) is 25.6. The van der Waals surface area contributed by atoms with Crippen LogP contribution in [-0.2, 0) is 9.53 Å². The van der Waals surface area contributed by atoms with Crippen LogP contribution < -0.4 is 4.74 Å². The predicted molar refractivity (Wildman–Crippen MR) is 102 cm³/mol. The summed E-state index contributed by atoms with van der Waals surface area (Å²) in [6.07, 6.45) is 1.85. The van der Waals surface area contributed by atoms with Crippen LogP contribution >= 0.6 is 0 Å². The van der Waals surface area contributed by atoms with Crippen LogP contribution in [0.3, 0.4) is 0 Å². The molecule has 0 aromatic heterocycles. The fraction of sp³-hybridized carbons (Fsp3) is 0.364. The van der Waals surface area contributed by atoms with Crippen molar-refractivity contribution in [1.82, 2.24) is 0 Å². The van der Waals surface area contributed by atoms with Gasteiger partial charge in [0.05, 0.1) is 14.2 Å². The molecule has 0 saturated heterocycles. The number of carbonyl (C=O) groups excluding carboxylic acids is 2. The van der Waals surface area contributed by atoms with Gasteiger partial charge in [-0.25, -0.2) is 9.18 Å². The van der Waals surface area contributed by atoms with E-state index < -0.39 is 23.3 Å². The van der Waals surface area contributed by atoms with Crippen LogP contribution in [0.5, 0.6) is 5.75 Å². The molecule has 0 aliphatic rings. The summed E-state index contributed by atoms with van der Waals surface area (Å²) in [6.45, 7) is 1.98. The average Bonchev–Trinajstić information content (AvgIpc) is 2.73. The minimum atomic E-state index is -2.81. The van der Waals surface area contributed by atoms with E-state index in [-0.39, 0.29) is 5.56 Å². The van der Waals surface area contributed by atoms with Crippen molar-refractivity contribution in [2.45, 2.75) is 37.8 Å². The normalized spacial score (nSPS) is 14.1. The number of benzene rings is 2. The highest BCUT2D eigenvalue weighted by Crippen LogP contribution is 2.40. The van der Waals surface area contributed by atoms with Gasteiger partial charge in [-0.2, -0.15) is 0 Å². The number of ketones is 1. The highest BCUT2D eigenvalue weighted by molar-refractivity contribution is 6.16. The highest BCUT2D eigenvalue weighted by Gasteiger charge is 2.54. The Labute approximate surface area is 159 Å². The molecule has 2 aromatic rings. The number of methoxy groups -OCH3 is 2. The van der Waals surface area contributed by atoms with E-state index in [0.717, 1.165) is 13.5 Å². The van der Waals surface area contributed by atoms with Crippen LogP contribution in [0.2, 0.25) is 0 Å². The number of rotatable bonds is 9. The minimum Gasteiger partial charge on any atom is -0.497 e. The Morgan fingerprint density at radius 1 is 1.04 bits per heavy atom. The van der Waals surface area contributed by atoms with Crippen LogP contribution in [0.1, 0.15) is 48.0 Å². The smallest absolute Gasteiger partial charge is 0.352 e. The molecule has 0 spiro atoms. The third-order valence-electron chi connectivity index (χ3n) is 4.69. The number of hydrogen-bond acceptors (Lipinski definition) is 4. The first-order valence-electron chi connectivity index (χ1n) is 9.00. The SMILES string of the molecule is CCCC[C@@H](c1ccccc1)[C@](F)(C(=O)OC)C(=O)c1ccc(OC)cc1. The maximum Gasteiger partial charge on any atom is 0.352 e. The van der Waals surface area contributed by atoms with Crippen LogP contribution in [0.15, 0.2) is 54.6 Å². The molecule has 0 unspecified atom stereocenters. The van der Waals surface area contributed by atoms with E-state index in [1.807, 2.05) is 13.0 Å². The first kappa shape index (κ1) is 20.6. The Morgan fingerprint density at radius 2 is 1.67 bits per heavy atom. The number of unbranched alkanes of at least 4 members (excludes halogenated alkanes) is 1. The molecule has 0 N–H and O–H groups in total. The van der Waals surface area contributed by atoms with Gasteiger partial charge in [-0.15, -0.1) is 0 Å². The maximum absolute atomic E-state index is 16.3. The summed E-state index contributed by atoms with van der Waals surface area (Å²) in [5.41, 5.74) is -2.11. The molecule has 27 heavy (non-hydrogen) atoms. The average molecular weight is 372 g/mol. The van der Waals surface area contributed by atoms with Crippen molar-refractivity contribution in [2.75, 3.05) is 14.2 Å². The third-order valence-corrected chi connectivity index (χ3v) is 4.69. The summed E-state index contributed by atoms with van der Waals surface area (Å²) in [7, 11) is 2.60. The molecule has 144 valence electrons. The Balaban J connectivity index is 2.53.